The van der Waals surface area contributed by atoms with E-state index < -0.39 is 0 Å². The van der Waals surface area contributed by atoms with Crippen LogP contribution in [-0.2, 0) is 24.2 Å². The van der Waals surface area contributed by atoms with Crippen LogP contribution in [0.5, 0.6) is 0 Å². The van der Waals surface area contributed by atoms with Gasteiger partial charge in [0.05, 0.1) is 4.88 Å². The number of nitrogens with one attached hydrogen (secondary N) is 1. The number of carbonyl (C=O) groups excluding carboxylic acids is 2. The van der Waals surface area contributed by atoms with Crippen molar-refractivity contribution in [3.05, 3.63) is 56.8 Å². The average Bonchev–Trinajstić information content (AvgIpc) is 3.03. The molecule has 1 aliphatic rings. The third-order valence-corrected chi connectivity index (χ3v) is 6.01. The largest absolute Gasteiger partial charge is 0.352 e. The summed E-state index contributed by atoms with van der Waals surface area (Å²) in [6, 6.07) is 10.1. The van der Waals surface area contributed by atoms with E-state index in [0.29, 0.717) is 6.54 Å². The van der Waals surface area contributed by atoms with Crippen molar-refractivity contribution in [1.82, 2.24) is 10.2 Å². The van der Waals surface area contributed by atoms with E-state index in [4.69, 9.17) is 0 Å². The summed E-state index contributed by atoms with van der Waals surface area (Å²) in [6.45, 7) is 2.63. The predicted molar refractivity (Wildman–Crippen MR) is 101 cm³/mol. The minimum Gasteiger partial charge on any atom is -0.352 e. The molecule has 2 amide bonds. The fourth-order valence-corrected chi connectivity index (χ4v) is 4.44. The van der Waals surface area contributed by atoms with Crippen molar-refractivity contribution in [2.24, 2.45) is 5.92 Å². The smallest absolute Gasteiger partial charge is 0.263 e. The molecule has 4 nitrogen and oxygen atoms in total. The summed E-state index contributed by atoms with van der Waals surface area (Å²) < 4.78 is 0. The molecule has 1 aromatic carbocycles. The molecule has 1 N–H and O–H groups in total. The molecule has 5 heteroatoms. The van der Waals surface area contributed by atoms with E-state index in [1.807, 2.05) is 24.3 Å². The van der Waals surface area contributed by atoms with Crippen molar-refractivity contribution >= 4 is 23.2 Å². The molecule has 0 saturated carbocycles. The summed E-state index contributed by atoms with van der Waals surface area (Å²) >= 11 is 1.57. The Kier molecular flexibility index (Phi) is 5.23. The van der Waals surface area contributed by atoms with E-state index in [0.717, 1.165) is 35.3 Å². The Bertz CT molecular complexity index is 795. The number of hydrogen-bond donors (Lipinski definition) is 1. The number of fused-ring (bicyclic) bond motifs is 1. The number of thiophene rings is 1. The Hall–Kier alpha value is -2.14. The molecule has 1 atom stereocenters. The average molecular weight is 356 g/mol. The number of aryl methyl sites for hydroxylation is 2. The van der Waals surface area contributed by atoms with E-state index >= 15 is 0 Å². The maximum atomic E-state index is 12.6. The van der Waals surface area contributed by atoms with Gasteiger partial charge in [-0.2, -0.15) is 0 Å². The molecular formula is C20H24N2O2S. The van der Waals surface area contributed by atoms with Gasteiger partial charge >= 0.3 is 0 Å². The Morgan fingerprint density at radius 1 is 1.28 bits per heavy atom. The SMILES string of the molecule is Cc1ccccc1CNC(=O)[C@@H]1CCc2sc(C(=O)N(C)C)cc2C1. The van der Waals surface area contributed by atoms with Gasteiger partial charge in [0, 0.05) is 31.4 Å². The second kappa shape index (κ2) is 7.40. The van der Waals surface area contributed by atoms with Crippen LogP contribution < -0.4 is 5.32 Å². The molecule has 0 unspecified atom stereocenters. The number of carbonyl (C=O) groups is 2. The molecule has 25 heavy (non-hydrogen) atoms. The zero-order valence-electron chi connectivity index (χ0n) is 15.0. The van der Waals surface area contributed by atoms with Gasteiger partial charge in [-0.1, -0.05) is 24.3 Å². The maximum absolute atomic E-state index is 12.6. The third-order valence-electron chi connectivity index (χ3n) is 4.78. The first-order valence-corrected chi connectivity index (χ1v) is 9.43. The van der Waals surface area contributed by atoms with Crippen LogP contribution in [0.15, 0.2) is 30.3 Å². The lowest BCUT2D eigenvalue weighted by atomic mass is 9.87. The monoisotopic (exact) mass is 356 g/mol. The van der Waals surface area contributed by atoms with Crippen LogP contribution in [0.2, 0.25) is 0 Å². The summed E-state index contributed by atoms with van der Waals surface area (Å²) in [4.78, 5) is 28.3. The molecule has 132 valence electrons. The van der Waals surface area contributed by atoms with Crippen LogP contribution in [-0.4, -0.2) is 30.8 Å². The van der Waals surface area contributed by atoms with E-state index in [9.17, 15) is 9.59 Å². The molecule has 3 rings (SSSR count). The standard InChI is InChI=1S/C20H24N2O2S/c1-13-6-4-5-7-15(13)12-21-19(23)14-8-9-17-16(10-14)11-18(25-17)20(24)22(2)3/h4-7,11,14H,8-10,12H2,1-3H3,(H,21,23)/t14-/m1/s1. The first-order valence-electron chi connectivity index (χ1n) is 8.61. The minimum atomic E-state index is -0.00609. The van der Waals surface area contributed by atoms with Gasteiger partial charge in [0.1, 0.15) is 0 Å². The van der Waals surface area contributed by atoms with Crippen molar-refractivity contribution in [3.8, 4) is 0 Å². The van der Waals surface area contributed by atoms with Crippen LogP contribution in [0, 0.1) is 12.8 Å². The van der Waals surface area contributed by atoms with Crippen LogP contribution in [0.1, 0.15) is 37.7 Å². The molecule has 1 aliphatic carbocycles. The Morgan fingerprint density at radius 3 is 2.76 bits per heavy atom. The normalized spacial score (nSPS) is 16.2. The third kappa shape index (κ3) is 3.93. The van der Waals surface area contributed by atoms with Crippen LogP contribution in [0.4, 0.5) is 0 Å². The second-order valence-electron chi connectivity index (χ2n) is 6.84. The van der Waals surface area contributed by atoms with Crippen LogP contribution >= 0.6 is 11.3 Å². The van der Waals surface area contributed by atoms with Crippen LogP contribution in [0.25, 0.3) is 0 Å². The van der Waals surface area contributed by atoms with E-state index in [2.05, 4.69) is 18.3 Å². The van der Waals surface area contributed by atoms with Gasteiger partial charge in [0.2, 0.25) is 5.91 Å². The highest BCUT2D eigenvalue weighted by atomic mass is 32.1. The highest BCUT2D eigenvalue weighted by Gasteiger charge is 2.27. The molecule has 1 aromatic heterocycles. The van der Waals surface area contributed by atoms with E-state index in [-0.39, 0.29) is 17.7 Å². The fourth-order valence-electron chi connectivity index (χ4n) is 3.21. The molecular weight excluding hydrogens is 332 g/mol. The lowest BCUT2D eigenvalue weighted by Gasteiger charge is -2.21. The van der Waals surface area contributed by atoms with Crippen molar-refractivity contribution < 1.29 is 9.59 Å². The van der Waals surface area contributed by atoms with Gasteiger partial charge in [0.25, 0.3) is 5.91 Å². The predicted octanol–water partition coefficient (Wildman–Crippen LogP) is 3.18. The molecule has 0 spiro atoms. The Morgan fingerprint density at radius 2 is 2.04 bits per heavy atom. The summed E-state index contributed by atoms with van der Waals surface area (Å²) in [5.41, 5.74) is 3.51. The first-order chi connectivity index (χ1) is 12.0. The number of nitrogens with zero attached hydrogens (tertiary/aromatic N) is 1. The fraction of sp³-hybridized carbons (Fsp3) is 0.400. The van der Waals surface area contributed by atoms with Crippen molar-refractivity contribution in [3.63, 3.8) is 0 Å². The van der Waals surface area contributed by atoms with Gasteiger partial charge in [-0.3, -0.25) is 9.59 Å². The maximum Gasteiger partial charge on any atom is 0.263 e. The molecule has 0 fully saturated rings. The lowest BCUT2D eigenvalue weighted by molar-refractivity contribution is -0.125. The Balaban J connectivity index is 1.63. The molecule has 0 bridgehead atoms. The topological polar surface area (TPSA) is 49.4 Å². The lowest BCUT2D eigenvalue weighted by Crippen LogP contribution is -2.33. The number of rotatable bonds is 4. The van der Waals surface area contributed by atoms with E-state index in [1.54, 1.807) is 30.3 Å². The zero-order valence-corrected chi connectivity index (χ0v) is 15.8. The number of benzene rings is 1. The van der Waals surface area contributed by atoms with Gasteiger partial charge in [-0.25, -0.2) is 0 Å². The van der Waals surface area contributed by atoms with Gasteiger partial charge in [0.15, 0.2) is 0 Å². The summed E-state index contributed by atoms with van der Waals surface area (Å²) in [5.74, 6) is 0.147. The van der Waals surface area contributed by atoms with Gasteiger partial charge < -0.3 is 10.2 Å². The van der Waals surface area contributed by atoms with Crippen molar-refractivity contribution in [2.45, 2.75) is 32.7 Å². The van der Waals surface area contributed by atoms with Gasteiger partial charge in [-0.05, 0) is 48.9 Å². The van der Waals surface area contributed by atoms with E-state index in [1.165, 1.54) is 10.4 Å². The molecule has 0 aliphatic heterocycles. The zero-order chi connectivity index (χ0) is 18.0. The molecule has 2 aromatic rings. The molecule has 0 saturated heterocycles. The number of hydrogen-bond acceptors (Lipinski definition) is 3. The minimum absolute atomic E-state index is 0.00609. The molecule has 1 heterocycles. The Labute approximate surface area is 152 Å². The summed E-state index contributed by atoms with van der Waals surface area (Å²) in [7, 11) is 3.53. The van der Waals surface area contributed by atoms with Gasteiger partial charge in [-0.15, -0.1) is 11.3 Å². The van der Waals surface area contributed by atoms with Crippen molar-refractivity contribution in [2.75, 3.05) is 14.1 Å². The summed E-state index contributed by atoms with van der Waals surface area (Å²) in [5, 5.41) is 3.08. The second-order valence-corrected chi connectivity index (χ2v) is 7.98. The summed E-state index contributed by atoms with van der Waals surface area (Å²) in [6.07, 6.45) is 2.46. The van der Waals surface area contributed by atoms with Crippen molar-refractivity contribution in [1.29, 1.82) is 0 Å². The number of amides is 2. The highest BCUT2D eigenvalue weighted by Crippen LogP contribution is 2.33. The van der Waals surface area contributed by atoms with Crippen LogP contribution in [0.3, 0.4) is 0 Å². The quantitative estimate of drug-likeness (QED) is 0.915. The highest BCUT2D eigenvalue weighted by molar-refractivity contribution is 7.14. The first kappa shape index (κ1) is 17.7. The molecule has 0 radical (unpaired) electrons.